The molecule has 1 atom stereocenters. The molecule has 0 aliphatic carbocycles. The first kappa shape index (κ1) is 22.1. The van der Waals surface area contributed by atoms with E-state index in [2.05, 4.69) is 10.0 Å². The first-order chi connectivity index (χ1) is 12.0. The molecule has 0 fully saturated rings. The van der Waals surface area contributed by atoms with Gasteiger partial charge in [-0.05, 0) is 33.3 Å². The summed E-state index contributed by atoms with van der Waals surface area (Å²) in [5, 5.41) is 11.7. The van der Waals surface area contributed by atoms with Gasteiger partial charge in [0, 0.05) is 0 Å². The maximum absolute atomic E-state index is 12.0. The standard InChI is InChI=1S/C17H26N2O6S/c1-11(2)25-5-6-26(23,24)18-10-15(20)19-16(17(21)22)14-8-12(3)7-13(4)9-14/h7-9,11,16,18H,5-6,10H2,1-4H3,(H,19,20)(H,21,22). The minimum atomic E-state index is -3.69. The lowest BCUT2D eigenvalue weighted by atomic mass is 10.0. The highest BCUT2D eigenvalue weighted by Gasteiger charge is 2.23. The van der Waals surface area contributed by atoms with E-state index >= 15 is 0 Å². The molecule has 0 saturated heterocycles. The molecule has 0 aliphatic heterocycles. The van der Waals surface area contributed by atoms with Crippen molar-refractivity contribution < 1.29 is 27.9 Å². The summed E-state index contributed by atoms with van der Waals surface area (Å²) in [6.07, 6.45) is -0.0948. The van der Waals surface area contributed by atoms with Crippen molar-refractivity contribution in [3.05, 3.63) is 34.9 Å². The lowest BCUT2D eigenvalue weighted by Gasteiger charge is -2.16. The summed E-state index contributed by atoms with van der Waals surface area (Å²) >= 11 is 0. The molecule has 1 rings (SSSR count). The Morgan fingerprint density at radius 3 is 2.23 bits per heavy atom. The number of carbonyl (C=O) groups excluding carboxylic acids is 1. The van der Waals surface area contributed by atoms with Crippen LogP contribution in [0.25, 0.3) is 0 Å². The number of carboxylic acids is 1. The number of rotatable bonds is 10. The summed E-state index contributed by atoms with van der Waals surface area (Å²) in [5.41, 5.74) is 2.16. The van der Waals surface area contributed by atoms with Crippen molar-refractivity contribution in [2.75, 3.05) is 18.9 Å². The Labute approximate surface area is 154 Å². The van der Waals surface area contributed by atoms with Crippen LogP contribution < -0.4 is 10.0 Å². The van der Waals surface area contributed by atoms with E-state index in [1.165, 1.54) is 0 Å². The third kappa shape index (κ3) is 7.94. The van der Waals surface area contributed by atoms with E-state index in [4.69, 9.17) is 4.74 Å². The van der Waals surface area contributed by atoms with E-state index in [-0.39, 0.29) is 18.5 Å². The summed E-state index contributed by atoms with van der Waals surface area (Å²) in [6.45, 7) is 6.68. The number of hydrogen-bond acceptors (Lipinski definition) is 5. The van der Waals surface area contributed by atoms with E-state index < -0.39 is 34.5 Å². The van der Waals surface area contributed by atoms with Crippen molar-refractivity contribution in [2.24, 2.45) is 0 Å². The fourth-order valence-corrected chi connectivity index (χ4v) is 3.13. The van der Waals surface area contributed by atoms with Gasteiger partial charge in [-0.15, -0.1) is 0 Å². The number of carbonyl (C=O) groups is 2. The number of nitrogens with one attached hydrogen (secondary N) is 2. The summed E-state index contributed by atoms with van der Waals surface area (Å²) in [6, 6.07) is 3.96. The van der Waals surface area contributed by atoms with Gasteiger partial charge in [0.05, 0.1) is 25.0 Å². The zero-order valence-corrected chi connectivity index (χ0v) is 16.2. The molecule has 0 saturated carbocycles. The van der Waals surface area contributed by atoms with Crippen LogP contribution in [0.4, 0.5) is 0 Å². The van der Waals surface area contributed by atoms with Gasteiger partial charge in [0.2, 0.25) is 15.9 Å². The van der Waals surface area contributed by atoms with Gasteiger partial charge in [-0.1, -0.05) is 29.3 Å². The Morgan fingerprint density at radius 2 is 1.73 bits per heavy atom. The molecule has 9 heteroatoms. The highest BCUT2D eigenvalue weighted by molar-refractivity contribution is 7.89. The maximum Gasteiger partial charge on any atom is 0.330 e. The predicted molar refractivity (Wildman–Crippen MR) is 97.3 cm³/mol. The molecule has 1 aromatic rings. The molecule has 26 heavy (non-hydrogen) atoms. The minimum Gasteiger partial charge on any atom is -0.479 e. The molecule has 0 spiro atoms. The van der Waals surface area contributed by atoms with E-state index in [0.29, 0.717) is 5.56 Å². The molecule has 1 amide bonds. The van der Waals surface area contributed by atoms with Crippen LogP contribution in [0.1, 0.15) is 36.6 Å². The van der Waals surface area contributed by atoms with Gasteiger partial charge < -0.3 is 15.2 Å². The van der Waals surface area contributed by atoms with E-state index in [0.717, 1.165) is 11.1 Å². The maximum atomic E-state index is 12.0. The molecular formula is C17H26N2O6S. The van der Waals surface area contributed by atoms with Gasteiger partial charge in [0.1, 0.15) is 0 Å². The summed E-state index contributed by atoms with van der Waals surface area (Å²) in [4.78, 5) is 23.5. The molecule has 1 unspecified atom stereocenters. The Kier molecular flexibility index (Phi) is 8.19. The molecule has 1 aromatic carbocycles. The first-order valence-electron chi connectivity index (χ1n) is 8.19. The molecule has 0 bridgehead atoms. The summed E-state index contributed by atoms with van der Waals surface area (Å²) < 4.78 is 30.9. The average Bonchev–Trinajstić information content (AvgIpc) is 2.48. The Balaban J connectivity index is 2.67. The predicted octanol–water partition coefficient (Wildman–Crippen LogP) is 0.890. The zero-order chi connectivity index (χ0) is 19.9. The third-order valence-corrected chi connectivity index (χ3v) is 4.67. The summed E-state index contributed by atoms with van der Waals surface area (Å²) in [7, 11) is -3.69. The lowest BCUT2D eigenvalue weighted by molar-refractivity contribution is -0.141. The fraction of sp³-hybridized carbons (Fsp3) is 0.529. The normalized spacial score (nSPS) is 12.8. The molecule has 3 N–H and O–H groups in total. The molecule has 146 valence electrons. The van der Waals surface area contributed by atoms with Gasteiger partial charge in [0.25, 0.3) is 0 Å². The highest BCUT2D eigenvalue weighted by Crippen LogP contribution is 2.17. The van der Waals surface area contributed by atoms with Gasteiger partial charge >= 0.3 is 5.97 Å². The number of carboxylic acid groups (broad SMARTS) is 1. The van der Waals surface area contributed by atoms with Gasteiger partial charge in [-0.3, -0.25) is 4.79 Å². The van der Waals surface area contributed by atoms with Crippen LogP contribution in [0.15, 0.2) is 18.2 Å². The van der Waals surface area contributed by atoms with Crippen LogP contribution in [-0.4, -0.2) is 50.4 Å². The van der Waals surface area contributed by atoms with Crippen LogP contribution in [-0.2, 0) is 24.3 Å². The number of benzene rings is 1. The van der Waals surface area contributed by atoms with Crippen LogP contribution in [0.2, 0.25) is 0 Å². The van der Waals surface area contributed by atoms with Gasteiger partial charge in [0.15, 0.2) is 6.04 Å². The lowest BCUT2D eigenvalue weighted by Crippen LogP contribution is -2.42. The van der Waals surface area contributed by atoms with E-state index in [1.54, 1.807) is 26.0 Å². The molecule has 0 aliphatic rings. The fourth-order valence-electron chi connectivity index (χ4n) is 2.32. The smallest absolute Gasteiger partial charge is 0.330 e. The number of sulfonamides is 1. The van der Waals surface area contributed by atoms with E-state index in [9.17, 15) is 23.1 Å². The number of aliphatic carboxylic acids is 1. The molecule has 0 aromatic heterocycles. The Morgan fingerprint density at radius 1 is 1.15 bits per heavy atom. The second-order valence-corrected chi connectivity index (χ2v) is 8.25. The first-order valence-corrected chi connectivity index (χ1v) is 9.84. The van der Waals surface area contributed by atoms with E-state index in [1.807, 2.05) is 19.9 Å². The minimum absolute atomic E-state index is 0.00887. The topological polar surface area (TPSA) is 122 Å². The zero-order valence-electron chi connectivity index (χ0n) is 15.4. The average molecular weight is 386 g/mol. The van der Waals surface area contributed by atoms with Crippen molar-refractivity contribution in [3.8, 4) is 0 Å². The highest BCUT2D eigenvalue weighted by atomic mass is 32.2. The van der Waals surface area contributed by atoms with Crippen LogP contribution >= 0.6 is 0 Å². The molecule has 8 nitrogen and oxygen atoms in total. The number of aryl methyl sites for hydroxylation is 2. The molecule has 0 heterocycles. The number of hydrogen-bond donors (Lipinski definition) is 3. The quantitative estimate of drug-likeness (QED) is 0.549. The van der Waals surface area contributed by atoms with Crippen LogP contribution in [0, 0.1) is 13.8 Å². The SMILES string of the molecule is Cc1cc(C)cc(C(NC(=O)CNS(=O)(=O)CCOC(C)C)C(=O)O)c1. The van der Waals surface area contributed by atoms with Crippen molar-refractivity contribution in [2.45, 2.75) is 39.8 Å². The molecular weight excluding hydrogens is 360 g/mol. The van der Waals surface area contributed by atoms with Crippen molar-refractivity contribution in [3.63, 3.8) is 0 Å². The van der Waals surface area contributed by atoms with Crippen LogP contribution in [0.3, 0.4) is 0 Å². The van der Waals surface area contributed by atoms with Gasteiger partial charge in [-0.25, -0.2) is 17.9 Å². The monoisotopic (exact) mass is 386 g/mol. The van der Waals surface area contributed by atoms with Crippen molar-refractivity contribution in [1.82, 2.24) is 10.0 Å². The van der Waals surface area contributed by atoms with Gasteiger partial charge in [-0.2, -0.15) is 0 Å². The van der Waals surface area contributed by atoms with Crippen molar-refractivity contribution in [1.29, 1.82) is 0 Å². The third-order valence-electron chi connectivity index (χ3n) is 3.39. The van der Waals surface area contributed by atoms with Crippen LogP contribution in [0.5, 0.6) is 0 Å². The Hall–Kier alpha value is -1.97. The Bertz CT molecular complexity index is 725. The molecule has 0 radical (unpaired) electrons. The largest absolute Gasteiger partial charge is 0.479 e. The second-order valence-electron chi connectivity index (χ2n) is 6.32. The second kappa shape index (κ2) is 9.65. The summed E-state index contributed by atoms with van der Waals surface area (Å²) in [5.74, 6) is -2.24. The number of ether oxygens (including phenoxy) is 1. The number of amides is 1. The van der Waals surface area contributed by atoms with Crippen molar-refractivity contribution >= 4 is 21.9 Å².